The molecule has 30 heavy (non-hydrogen) atoms. The van der Waals surface area contributed by atoms with Crippen LogP contribution in [0.5, 0.6) is 5.75 Å². The minimum atomic E-state index is -0.540. The molecule has 0 unspecified atom stereocenters. The molecule has 1 heterocycles. The summed E-state index contributed by atoms with van der Waals surface area (Å²) < 4.78 is 5.39. The van der Waals surface area contributed by atoms with Crippen molar-refractivity contribution in [2.75, 3.05) is 23.9 Å². The lowest BCUT2D eigenvalue weighted by Crippen LogP contribution is -2.35. The standard InChI is InChI=1S/C22H17N3O5/c1-24-19-12-16(8-10-20(19)30-13-21(24)26)23-17-9-7-15(11-18(17)25(28)29)22(27)14-5-3-2-4-6-14/h2-12,23H,13H2,1H3. The third-order valence-electron chi connectivity index (χ3n) is 4.82. The van der Waals surface area contributed by atoms with Gasteiger partial charge >= 0.3 is 0 Å². The number of hydrogen-bond donors (Lipinski definition) is 1. The number of anilines is 3. The van der Waals surface area contributed by atoms with E-state index in [1.54, 1.807) is 61.6 Å². The van der Waals surface area contributed by atoms with Gasteiger partial charge in [-0.05, 0) is 30.3 Å². The van der Waals surface area contributed by atoms with Crippen molar-refractivity contribution in [3.8, 4) is 5.75 Å². The summed E-state index contributed by atoms with van der Waals surface area (Å²) in [5.74, 6) is 0.0756. The number of amides is 1. The molecule has 8 heteroatoms. The number of ketones is 1. The molecule has 0 atom stereocenters. The highest BCUT2D eigenvalue weighted by Crippen LogP contribution is 2.36. The van der Waals surface area contributed by atoms with Crippen molar-refractivity contribution in [2.24, 2.45) is 0 Å². The second-order valence-corrected chi connectivity index (χ2v) is 6.73. The number of nitrogens with zero attached hydrogens (tertiary/aromatic N) is 2. The van der Waals surface area contributed by atoms with Gasteiger partial charge < -0.3 is 15.0 Å². The molecule has 3 aromatic rings. The molecule has 3 aromatic carbocycles. The molecule has 0 radical (unpaired) electrons. The molecule has 1 aliphatic rings. The molecule has 8 nitrogen and oxygen atoms in total. The summed E-state index contributed by atoms with van der Waals surface area (Å²) in [6, 6.07) is 18.0. The van der Waals surface area contributed by atoms with E-state index >= 15 is 0 Å². The van der Waals surface area contributed by atoms with E-state index in [-0.39, 0.29) is 35.2 Å². The summed E-state index contributed by atoms with van der Waals surface area (Å²) in [6.07, 6.45) is 0. The minimum Gasteiger partial charge on any atom is -0.482 e. The highest BCUT2D eigenvalue weighted by atomic mass is 16.6. The van der Waals surface area contributed by atoms with Crippen molar-refractivity contribution in [3.63, 3.8) is 0 Å². The lowest BCUT2D eigenvalue weighted by atomic mass is 10.0. The van der Waals surface area contributed by atoms with Gasteiger partial charge in [-0.2, -0.15) is 0 Å². The molecule has 0 spiro atoms. The van der Waals surface area contributed by atoms with E-state index in [9.17, 15) is 19.7 Å². The van der Waals surface area contributed by atoms with Crippen LogP contribution in [0.2, 0.25) is 0 Å². The molecule has 0 fully saturated rings. The number of hydrogen-bond acceptors (Lipinski definition) is 6. The maximum atomic E-state index is 12.6. The Hall–Kier alpha value is -4.20. The lowest BCUT2D eigenvalue weighted by Gasteiger charge is -2.26. The number of fused-ring (bicyclic) bond motifs is 1. The summed E-state index contributed by atoms with van der Waals surface area (Å²) in [5.41, 5.74) is 1.79. The molecule has 1 aliphatic heterocycles. The average molecular weight is 403 g/mol. The van der Waals surface area contributed by atoms with Gasteiger partial charge in [-0.15, -0.1) is 0 Å². The number of ether oxygens (including phenoxy) is 1. The van der Waals surface area contributed by atoms with E-state index in [0.29, 0.717) is 22.7 Å². The van der Waals surface area contributed by atoms with E-state index in [0.717, 1.165) is 0 Å². The predicted octanol–water partition coefficient (Wildman–Crippen LogP) is 3.92. The third-order valence-corrected chi connectivity index (χ3v) is 4.82. The third kappa shape index (κ3) is 3.58. The SMILES string of the molecule is CN1C(=O)COc2ccc(Nc3ccc(C(=O)c4ccccc4)cc3[N+](=O)[O-])cc21. The van der Waals surface area contributed by atoms with E-state index < -0.39 is 4.92 Å². The van der Waals surface area contributed by atoms with Crippen molar-refractivity contribution in [1.29, 1.82) is 0 Å². The summed E-state index contributed by atoms with van der Waals surface area (Å²) in [5, 5.41) is 14.6. The molecule has 0 saturated carbocycles. The van der Waals surface area contributed by atoms with Crippen molar-refractivity contribution < 1.29 is 19.2 Å². The molecule has 0 aromatic heterocycles. The Labute approximate surface area is 171 Å². The maximum Gasteiger partial charge on any atom is 0.293 e. The van der Waals surface area contributed by atoms with Gasteiger partial charge in [0.15, 0.2) is 12.4 Å². The smallest absolute Gasteiger partial charge is 0.293 e. The van der Waals surface area contributed by atoms with Crippen molar-refractivity contribution in [3.05, 3.63) is 88.0 Å². The average Bonchev–Trinajstić information content (AvgIpc) is 2.77. The van der Waals surface area contributed by atoms with Crippen LogP contribution >= 0.6 is 0 Å². The zero-order valence-electron chi connectivity index (χ0n) is 16.0. The summed E-state index contributed by atoms with van der Waals surface area (Å²) in [6.45, 7) is -0.0291. The van der Waals surface area contributed by atoms with Gasteiger partial charge in [0.25, 0.3) is 11.6 Å². The van der Waals surface area contributed by atoms with E-state index in [1.807, 2.05) is 0 Å². The van der Waals surface area contributed by atoms with Crippen molar-refractivity contribution in [1.82, 2.24) is 0 Å². The number of nitro benzene ring substituents is 1. The Morgan fingerprint density at radius 1 is 1.07 bits per heavy atom. The van der Waals surface area contributed by atoms with Crippen LogP contribution in [0.15, 0.2) is 66.7 Å². The van der Waals surface area contributed by atoms with E-state index in [4.69, 9.17) is 4.74 Å². The van der Waals surface area contributed by atoms with Crippen LogP contribution in [0.1, 0.15) is 15.9 Å². The van der Waals surface area contributed by atoms with Crippen LogP contribution in [0, 0.1) is 10.1 Å². The van der Waals surface area contributed by atoms with Gasteiger partial charge in [0.2, 0.25) is 0 Å². The van der Waals surface area contributed by atoms with Crippen LogP contribution in [0.25, 0.3) is 0 Å². The summed E-state index contributed by atoms with van der Waals surface area (Å²) in [4.78, 5) is 37.0. The minimum absolute atomic E-state index is 0.0291. The zero-order valence-corrected chi connectivity index (χ0v) is 16.0. The highest BCUT2D eigenvalue weighted by Gasteiger charge is 2.23. The van der Waals surface area contributed by atoms with E-state index in [1.165, 1.54) is 17.0 Å². The quantitative estimate of drug-likeness (QED) is 0.394. The van der Waals surface area contributed by atoms with Crippen LogP contribution in [0.3, 0.4) is 0 Å². The molecular formula is C22H17N3O5. The Morgan fingerprint density at radius 2 is 1.83 bits per heavy atom. The first-order chi connectivity index (χ1) is 14.4. The monoisotopic (exact) mass is 403 g/mol. The first-order valence-electron chi connectivity index (χ1n) is 9.12. The first-order valence-corrected chi connectivity index (χ1v) is 9.12. The molecule has 0 bridgehead atoms. The maximum absolute atomic E-state index is 12.6. The Morgan fingerprint density at radius 3 is 2.57 bits per heavy atom. The number of nitrogens with one attached hydrogen (secondary N) is 1. The second kappa shape index (κ2) is 7.67. The Balaban J connectivity index is 1.66. The van der Waals surface area contributed by atoms with Gasteiger partial charge in [0.1, 0.15) is 11.4 Å². The van der Waals surface area contributed by atoms with Crippen molar-refractivity contribution >= 4 is 34.4 Å². The molecule has 0 aliphatic carbocycles. The number of carbonyl (C=O) groups is 2. The van der Waals surface area contributed by atoms with Crippen LogP contribution in [0.4, 0.5) is 22.7 Å². The first kappa shape index (κ1) is 19.1. The Kier molecular flexibility index (Phi) is 4.89. The molecule has 1 N–H and O–H groups in total. The number of carbonyl (C=O) groups excluding carboxylic acids is 2. The number of rotatable bonds is 5. The predicted molar refractivity (Wildman–Crippen MR) is 112 cm³/mol. The molecular weight excluding hydrogens is 386 g/mol. The fourth-order valence-corrected chi connectivity index (χ4v) is 3.19. The lowest BCUT2D eigenvalue weighted by molar-refractivity contribution is -0.383. The van der Waals surface area contributed by atoms with Crippen LogP contribution in [-0.4, -0.2) is 30.3 Å². The molecule has 150 valence electrons. The normalized spacial score (nSPS) is 12.7. The highest BCUT2D eigenvalue weighted by molar-refractivity contribution is 6.09. The van der Waals surface area contributed by atoms with Gasteiger partial charge in [-0.25, -0.2) is 0 Å². The zero-order chi connectivity index (χ0) is 21.3. The van der Waals surface area contributed by atoms with Gasteiger partial charge in [0, 0.05) is 29.9 Å². The van der Waals surface area contributed by atoms with Gasteiger partial charge in [-0.3, -0.25) is 19.7 Å². The molecule has 0 saturated heterocycles. The fraction of sp³-hybridized carbons (Fsp3) is 0.0909. The van der Waals surface area contributed by atoms with E-state index in [2.05, 4.69) is 5.32 Å². The van der Waals surface area contributed by atoms with Crippen molar-refractivity contribution in [2.45, 2.75) is 0 Å². The number of benzene rings is 3. The molecule has 4 rings (SSSR count). The topological polar surface area (TPSA) is 102 Å². The second-order valence-electron chi connectivity index (χ2n) is 6.73. The number of nitro groups is 1. The molecule has 1 amide bonds. The Bertz CT molecular complexity index is 1160. The summed E-state index contributed by atoms with van der Waals surface area (Å²) >= 11 is 0. The van der Waals surface area contributed by atoms with Crippen LogP contribution < -0.4 is 15.0 Å². The van der Waals surface area contributed by atoms with Gasteiger partial charge in [-0.1, -0.05) is 30.3 Å². The van der Waals surface area contributed by atoms with Gasteiger partial charge in [0.05, 0.1) is 10.6 Å². The summed E-state index contributed by atoms with van der Waals surface area (Å²) in [7, 11) is 1.64. The number of likely N-dealkylation sites (N-methyl/N-ethyl adjacent to an activating group) is 1. The largest absolute Gasteiger partial charge is 0.482 e. The fourth-order valence-electron chi connectivity index (χ4n) is 3.19. The van der Waals surface area contributed by atoms with Crippen LogP contribution in [-0.2, 0) is 4.79 Å².